The van der Waals surface area contributed by atoms with Gasteiger partial charge in [-0.25, -0.2) is 0 Å². The number of piperidine rings is 1. The normalized spacial score (nSPS) is 23.4. The summed E-state index contributed by atoms with van der Waals surface area (Å²) in [7, 11) is 0. The van der Waals surface area contributed by atoms with Crippen LogP contribution in [0.25, 0.3) is 0 Å². The average molecular weight is 326 g/mol. The number of nitrogens with one attached hydrogen (secondary N) is 3. The first-order valence-corrected chi connectivity index (χ1v) is 7.23. The van der Waals surface area contributed by atoms with Crippen molar-refractivity contribution < 1.29 is 14.3 Å². The summed E-state index contributed by atoms with van der Waals surface area (Å²) in [6.07, 6.45) is 1.71. The van der Waals surface area contributed by atoms with Crippen LogP contribution in [0.4, 0.5) is 11.4 Å². The summed E-state index contributed by atoms with van der Waals surface area (Å²) in [5.41, 5.74) is 1.33. The Bertz CT molecular complexity index is 579. The molecule has 6 nitrogen and oxygen atoms in total. The highest BCUT2D eigenvalue weighted by molar-refractivity contribution is 5.97. The summed E-state index contributed by atoms with van der Waals surface area (Å²) in [5, 5.41) is 8.99. The van der Waals surface area contributed by atoms with Crippen molar-refractivity contribution in [1.29, 1.82) is 0 Å². The minimum absolute atomic E-state index is 0. The smallest absolute Gasteiger partial charge is 0.262 e. The van der Waals surface area contributed by atoms with E-state index < -0.39 is 0 Å². The zero-order chi connectivity index (χ0) is 14.8. The van der Waals surface area contributed by atoms with Gasteiger partial charge in [-0.2, -0.15) is 0 Å². The van der Waals surface area contributed by atoms with E-state index in [4.69, 9.17) is 4.74 Å². The number of fused-ring (bicyclic) bond motifs is 1. The van der Waals surface area contributed by atoms with Gasteiger partial charge in [0.2, 0.25) is 5.91 Å². The average Bonchev–Trinajstić information content (AvgIpc) is 2.47. The van der Waals surface area contributed by atoms with Gasteiger partial charge in [0.25, 0.3) is 5.91 Å². The molecule has 0 bridgehead atoms. The zero-order valence-electron chi connectivity index (χ0n) is 12.3. The molecule has 2 amide bonds. The zero-order valence-corrected chi connectivity index (χ0v) is 13.2. The fourth-order valence-electron chi connectivity index (χ4n) is 2.77. The summed E-state index contributed by atoms with van der Waals surface area (Å²) in [5.74, 6) is 0.509. The molecule has 1 aromatic carbocycles. The molecule has 3 rings (SSSR count). The quantitative estimate of drug-likeness (QED) is 0.774. The van der Waals surface area contributed by atoms with Crippen LogP contribution in [0, 0.1) is 5.92 Å². The second kappa shape index (κ2) is 6.98. The maximum Gasteiger partial charge on any atom is 0.262 e. The van der Waals surface area contributed by atoms with Gasteiger partial charge in [-0.1, -0.05) is 0 Å². The van der Waals surface area contributed by atoms with Gasteiger partial charge < -0.3 is 20.7 Å². The molecule has 2 aliphatic heterocycles. The summed E-state index contributed by atoms with van der Waals surface area (Å²) in [6.45, 7) is 2.98. The van der Waals surface area contributed by atoms with Gasteiger partial charge in [0, 0.05) is 23.7 Å². The van der Waals surface area contributed by atoms with Crippen molar-refractivity contribution in [2.24, 2.45) is 5.92 Å². The molecule has 1 fully saturated rings. The van der Waals surface area contributed by atoms with E-state index in [0.29, 0.717) is 23.2 Å². The van der Waals surface area contributed by atoms with Crippen LogP contribution in [-0.4, -0.2) is 31.0 Å². The number of carbonyl (C=O) groups is 2. The van der Waals surface area contributed by atoms with E-state index in [1.165, 1.54) is 0 Å². The highest BCUT2D eigenvalue weighted by Gasteiger charge is 2.25. The third-order valence-corrected chi connectivity index (χ3v) is 3.88. The maximum absolute atomic E-state index is 12.3. The van der Waals surface area contributed by atoms with Crippen LogP contribution in [0.1, 0.15) is 19.8 Å². The number of ether oxygens (including phenoxy) is 1. The number of rotatable bonds is 2. The monoisotopic (exact) mass is 325 g/mol. The van der Waals surface area contributed by atoms with Crippen molar-refractivity contribution in [2.45, 2.75) is 25.8 Å². The van der Waals surface area contributed by atoms with E-state index in [-0.39, 0.29) is 36.7 Å². The topological polar surface area (TPSA) is 79.5 Å². The molecule has 22 heavy (non-hydrogen) atoms. The molecular weight excluding hydrogens is 306 g/mol. The summed E-state index contributed by atoms with van der Waals surface area (Å²) in [4.78, 5) is 23.5. The Morgan fingerprint density at radius 2 is 2.23 bits per heavy atom. The highest BCUT2D eigenvalue weighted by atomic mass is 35.5. The molecule has 3 N–H and O–H groups in total. The van der Waals surface area contributed by atoms with Crippen LogP contribution < -0.4 is 20.7 Å². The SMILES string of the molecule is C[C@H]1C[C@@H](C(=O)Nc2ccc3c(c2)OCC(=O)N3)CCN1.Cl. The third-order valence-electron chi connectivity index (χ3n) is 3.88. The van der Waals surface area contributed by atoms with Crippen LogP contribution in [0.2, 0.25) is 0 Å². The Kier molecular flexibility index (Phi) is 5.26. The van der Waals surface area contributed by atoms with E-state index in [2.05, 4.69) is 22.9 Å². The van der Waals surface area contributed by atoms with Gasteiger partial charge in [0.1, 0.15) is 5.75 Å². The van der Waals surface area contributed by atoms with E-state index in [1.807, 2.05) is 0 Å². The number of hydrogen-bond acceptors (Lipinski definition) is 4. The lowest BCUT2D eigenvalue weighted by molar-refractivity contribution is -0.121. The Hall–Kier alpha value is -1.79. The Morgan fingerprint density at radius 3 is 3.00 bits per heavy atom. The van der Waals surface area contributed by atoms with Crippen LogP contribution in [0.5, 0.6) is 5.75 Å². The number of hydrogen-bond donors (Lipinski definition) is 3. The summed E-state index contributed by atoms with van der Waals surface area (Å²) in [6, 6.07) is 5.64. The number of carbonyl (C=O) groups excluding carboxylic acids is 2. The molecule has 2 atom stereocenters. The molecule has 0 aliphatic carbocycles. The number of amides is 2. The minimum atomic E-state index is -0.164. The predicted molar refractivity (Wildman–Crippen MR) is 86.6 cm³/mol. The van der Waals surface area contributed by atoms with Gasteiger partial charge in [-0.05, 0) is 38.4 Å². The second-order valence-electron chi connectivity index (χ2n) is 5.61. The third kappa shape index (κ3) is 3.69. The lowest BCUT2D eigenvalue weighted by Crippen LogP contribution is -2.40. The molecule has 0 unspecified atom stereocenters. The fourth-order valence-corrected chi connectivity index (χ4v) is 2.77. The lowest BCUT2D eigenvalue weighted by Gasteiger charge is -2.27. The van der Waals surface area contributed by atoms with Gasteiger partial charge in [-0.15, -0.1) is 12.4 Å². The van der Waals surface area contributed by atoms with Crippen LogP contribution in [0.15, 0.2) is 18.2 Å². The molecule has 7 heteroatoms. The van der Waals surface area contributed by atoms with Gasteiger partial charge >= 0.3 is 0 Å². The molecule has 0 radical (unpaired) electrons. The van der Waals surface area contributed by atoms with Gasteiger partial charge in [0.15, 0.2) is 6.61 Å². The van der Waals surface area contributed by atoms with Crippen molar-refractivity contribution in [3.63, 3.8) is 0 Å². The first-order chi connectivity index (χ1) is 10.1. The lowest BCUT2D eigenvalue weighted by atomic mass is 9.92. The standard InChI is InChI=1S/C15H19N3O3.ClH/c1-9-6-10(4-5-16-9)15(20)17-11-2-3-12-13(7-11)21-8-14(19)18-12;/h2-3,7,9-10,16H,4-6,8H2,1H3,(H,17,20)(H,18,19);1H/t9-,10-;/m0./s1. The molecule has 1 aromatic rings. The Balaban J connectivity index is 0.00000176. The molecule has 0 aromatic heterocycles. The predicted octanol–water partition coefficient (Wildman–Crippen LogP) is 1.77. The van der Waals surface area contributed by atoms with E-state index in [1.54, 1.807) is 18.2 Å². The molecule has 2 aliphatic rings. The summed E-state index contributed by atoms with van der Waals surface area (Å²) >= 11 is 0. The Labute approximate surface area is 135 Å². The first-order valence-electron chi connectivity index (χ1n) is 7.23. The van der Waals surface area contributed by atoms with E-state index in [0.717, 1.165) is 19.4 Å². The van der Waals surface area contributed by atoms with Crippen molar-refractivity contribution >= 4 is 35.6 Å². The van der Waals surface area contributed by atoms with Crippen molar-refractivity contribution in [3.8, 4) is 5.75 Å². The molecule has 1 saturated heterocycles. The van der Waals surface area contributed by atoms with Crippen LogP contribution in [0.3, 0.4) is 0 Å². The highest BCUT2D eigenvalue weighted by Crippen LogP contribution is 2.31. The minimum Gasteiger partial charge on any atom is -0.482 e. The molecular formula is C15H20ClN3O3. The molecule has 0 spiro atoms. The summed E-state index contributed by atoms with van der Waals surface area (Å²) < 4.78 is 5.35. The first kappa shape index (κ1) is 16.6. The Morgan fingerprint density at radius 1 is 1.41 bits per heavy atom. The largest absolute Gasteiger partial charge is 0.482 e. The van der Waals surface area contributed by atoms with Crippen molar-refractivity contribution in [3.05, 3.63) is 18.2 Å². The van der Waals surface area contributed by atoms with Gasteiger partial charge in [0.05, 0.1) is 5.69 Å². The maximum atomic E-state index is 12.3. The van der Waals surface area contributed by atoms with Crippen molar-refractivity contribution in [2.75, 3.05) is 23.8 Å². The van der Waals surface area contributed by atoms with E-state index >= 15 is 0 Å². The number of halogens is 1. The van der Waals surface area contributed by atoms with Crippen LogP contribution >= 0.6 is 12.4 Å². The number of anilines is 2. The van der Waals surface area contributed by atoms with Gasteiger partial charge in [-0.3, -0.25) is 9.59 Å². The molecule has 120 valence electrons. The van der Waals surface area contributed by atoms with E-state index in [9.17, 15) is 9.59 Å². The van der Waals surface area contributed by atoms with Crippen LogP contribution in [-0.2, 0) is 9.59 Å². The van der Waals surface area contributed by atoms with Crippen molar-refractivity contribution in [1.82, 2.24) is 5.32 Å². The molecule has 2 heterocycles. The second-order valence-corrected chi connectivity index (χ2v) is 5.61. The molecule has 0 saturated carbocycles. The number of benzene rings is 1. The fraction of sp³-hybridized carbons (Fsp3) is 0.467.